The van der Waals surface area contributed by atoms with Crippen LogP contribution in [0.4, 0.5) is 0 Å². The number of carbonyl (C=O) groups is 1. The highest BCUT2D eigenvalue weighted by Gasteiger charge is 2.32. The zero-order valence-electron chi connectivity index (χ0n) is 16.0. The van der Waals surface area contributed by atoms with Gasteiger partial charge in [-0.1, -0.05) is 6.07 Å². The molecule has 0 aliphatic carbocycles. The van der Waals surface area contributed by atoms with E-state index in [0.29, 0.717) is 24.9 Å². The van der Waals surface area contributed by atoms with Crippen molar-refractivity contribution in [3.63, 3.8) is 0 Å². The summed E-state index contributed by atoms with van der Waals surface area (Å²) in [5, 5.41) is 8.02. The molecule has 1 aromatic carbocycles. The molecule has 5 rings (SSSR count). The molecule has 0 spiro atoms. The van der Waals surface area contributed by atoms with Crippen molar-refractivity contribution in [2.24, 2.45) is 0 Å². The number of aromatic nitrogens is 2. The minimum absolute atomic E-state index is 0.0138. The lowest BCUT2D eigenvalue weighted by atomic mass is 10.0. The Morgan fingerprint density at radius 2 is 2.00 bits per heavy atom. The maximum Gasteiger partial charge on any atom is 0.274 e. The summed E-state index contributed by atoms with van der Waals surface area (Å²) in [7, 11) is 0. The van der Waals surface area contributed by atoms with Crippen molar-refractivity contribution in [2.75, 3.05) is 32.8 Å². The highest BCUT2D eigenvalue weighted by molar-refractivity contribution is 5.92. The summed E-state index contributed by atoms with van der Waals surface area (Å²) in [5.74, 6) is 1.57. The summed E-state index contributed by atoms with van der Waals surface area (Å²) in [6.07, 6.45) is 6.15. The second kappa shape index (κ2) is 7.47. The van der Waals surface area contributed by atoms with Gasteiger partial charge in [-0.15, -0.1) is 0 Å². The van der Waals surface area contributed by atoms with Crippen LogP contribution in [0.5, 0.6) is 11.5 Å². The summed E-state index contributed by atoms with van der Waals surface area (Å²) in [6, 6.07) is 8.28. The van der Waals surface area contributed by atoms with E-state index in [9.17, 15) is 4.79 Å². The predicted molar refractivity (Wildman–Crippen MR) is 104 cm³/mol. The highest BCUT2D eigenvalue weighted by Crippen LogP contribution is 2.38. The normalized spacial score (nSPS) is 24.4. The molecular weight excluding hydrogens is 356 g/mol. The van der Waals surface area contributed by atoms with E-state index < -0.39 is 0 Å². The molecule has 28 heavy (non-hydrogen) atoms. The molecule has 2 saturated heterocycles. The van der Waals surface area contributed by atoms with E-state index in [1.54, 1.807) is 0 Å². The van der Waals surface area contributed by atoms with Crippen LogP contribution < -0.4 is 14.8 Å². The number of piperidine rings is 1. The molecule has 1 aromatic heterocycles. The van der Waals surface area contributed by atoms with Crippen LogP contribution >= 0.6 is 0 Å². The number of rotatable bonds is 3. The van der Waals surface area contributed by atoms with Crippen molar-refractivity contribution >= 4 is 5.91 Å². The number of amides is 1. The Balaban J connectivity index is 1.35. The van der Waals surface area contributed by atoms with Gasteiger partial charge in [0, 0.05) is 19.3 Å². The minimum Gasteiger partial charge on any atom is -0.486 e. The van der Waals surface area contributed by atoms with Gasteiger partial charge in [0.15, 0.2) is 11.5 Å². The zero-order chi connectivity index (χ0) is 18.9. The van der Waals surface area contributed by atoms with Crippen LogP contribution in [0.1, 0.15) is 53.8 Å². The van der Waals surface area contributed by atoms with E-state index in [4.69, 9.17) is 9.47 Å². The zero-order valence-corrected chi connectivity index (χ0v) is 16.0. The van der Waals surface area contributed by atoms with E-state index in [1.165, 1.54) is 0 Å². The lowest BCUT2D eigenvalue weighted by molar-refractivity contribution is 0.0727. The molecule has 1 N–H and O–H groups in total. The molecule has 3 aliphatic heterocycles. The number of hydrogen-bond donors (Lipinski definition) is 1. The Bertz CT molecular complexity index is 859. The number of fused-ring (bicyclic) bond motifs is 1. The number of likely N-dealkylation sites (tertiary alicyclic amines) is 1. The molecular formula is C21H26N4O3. The van der Waals surface area contributed by atoms with Gasteiger partial charge >= 0.3 is 0 Å². The fraction of sp³-hybridized carbons (Fsp3) is 0.524. The number of ether oxygens (including phenoxy) is 2. The Morgan fingerprint density at radius 1 is 1.11 bits per heavy atom. The molecule has 0 radical (unpaired) electrons. The third kappa shape index (κ3) is 3.24. The fourth-order valence-corrected chi connectivity index (χ4v) is 4.49. The van der Waals surface area contributed by atoms with Gasteiger partial charge in [-0.3, -0.25) is 9.48 Å². The van der Waals surface area contributed by atoms with Gasteiger partial charge in [-0.05, 0) is 56.0 Å². The number of benzene rings is 1. The summed E-state index contributed by atoms with van der Waals surface area (Å²) in [5.41, 5.74) is 1.64. The van der Waals surface area contributed by atoms with Crippen LogP contribution in [-0.2, 0) is 0 Å². The lowest BCUT2D eigenvalue weighted by Crippen LogP contribution is -2.33. The van der Waals surface area contributed by atoms with Crippen LogP contribution in [-0.4, -0.2) is 53.4 Å². The van der Waals surface area contributed by atoms with E-state index in [-0.39, 0.29) is 11.9 Å². The second-order valence-electron chi connectivity index (χ2n) is 7.74. The number of carbonyl (C=O) groups excluding carboxylic acids is 1. The Hall–Kier alpha value is -2.54. The lowest BCUT2D eigenvalue weighted by Gasteiger charge is -2.26. The smallest absolute Gasteiger partial charge is 0.274 e. The monoisotopic (exact) mass is 382 g/mol. The van der Waals surface area contributed by atoms with Gasteiger partial charge in [0.25, 0.3) is 5.91 Å². The first-order valence-corrected chi connectivity index (χ1v) is 10.3. The Labute approximate surface area is 164 Å². The summed E-state index contributed by atoms with van der Waals surface area (Å²) in [6.45, 7) is 3.89. The van der Waals surface area contributed by atoms with Crippen LogP contribution in [0.3, 0.4) is 0 Å². The molecule has 0 saturated carbocycles. The molecule has 2 fully saturated rings. The van der Waals surface area contributed by atoms with Crippen molar-refractivity contribution in [2.45, 2.75) is 37.8 Å². The summed E-state index contributed by atoms with van der Waals surface area (Å²) < 4.78 is 13.3. The maximum absolute atomic E-state index is 13.2. The summed E-state index contributed by atoms with van der Waals surface area (Å²) >= 11 is 0. The minimum atomic E-state index is 0.0138. The largest absolute Gasteiger partial charge is 0.486 e. The first-order chi connectivity index (χ1) is 13.8. The van der Waals surface area contributed by atoms with Gasteiger partial charge in [0.1, 0.15) is 18.9 Å². The van der Waals surface area contributed by atoms with Crippen LogP contribution in [0.25, 0.3) is 0 Å². The van der Waals surface area contributed by atoms with Crippen molar-refractivity contribution in [3.8, 4) is 11.5 Å². The number of nitrogens with zero attached hydrogens (tertiary/aromatic N) is 3. The van der Waals surface area contributed by atoms with Gasteiger partial charge in [0.2, 0.25) is 0 Å². The molecule has 0 bridgehead atoms. The van der Waals surface area contributed by atoms with E-state index in [0.717, 1.165) is 62.4 Å². The number of nitrogens with one attached hydrogen (secondary N) is 1. The van der Waals surface area contributed by atoms with E-state index in [2.05, 4.69) is 16.5 Å². The molecule has 2 unspecified atom stereocenters. The van der Waals surface area contributed by atoms with Gasteiger partial charge in [0.05, 0.1) is 12.1 Å². The molecule has 2 aromatic rings. The topological polar surface area (TPSA) is 68.6 Å². The second-order valence-corrected chi connectivity index (χ2v) is 7.74. The SMILES string of the molecule is O=C(c1ccn(C2CCCNC2)n1)N1CCCC1c1ccc2c(c1)OCCO2. The van der Waals surface area contributed by atoms with Crippen molar-refractivity contribution in [3.05, 3.63) is 41.7 Å². The van der Waals surface area contributed by atoms with E-state index in [1.807, 2.05) is 34.0 Å². The van der Waals surface area contributed by atoms with Gasteiger partial charge in [-0.2, -0.15) is 5.10 Å². The third-order valence-electron chi connectivity index (χ3n) is 5.94. The molecule has 2 atom stereocenters. The first kappa shape index (κ1) is 17.6. The van der Waals surface area contributed by atoms with E-state index >= 15 is 0 Å². The molecule has 3 aliphatic rings. The highest BCUT2D eigenvalue weighted by atomic mass is 16.6. The molecule has 7 nitrogen and oxygen atoms in total. The van der Waals surface area contributed by atoms with Crippen LogP contribution in [0, 0.1) is 0 Å². The van der Waals surface area contributed by atoms with Crippen molar-refractivity contribution in [1.29, 1.82) is 0 Å². The van der Waals surface area contributed by atoms with Crippen LogP contribution in [0.2, 0.25) is 0 Å². The average molecular weight is 382 g/mol. The van der Waals surface area contributed by atoms with Crippen LogP contribution in [0.15, 0.2) is 30.5 Å². The Morgan fingerprint density at radius 3 is 2.86 bits per heavy atom. The molecule has 1 amide bonds. The molecule has 7 heteroatoms. The van der Waals surface area contributed by atoms with Crippen molar-refractivity contribution < 1.29 is 14.3 Å². The molecule has 4 heterocycles. The standard InChI is InChI=1S/C21H26N4O3/c26-21(17-7-10-25(23-17)16-3-1-8-22-14-16)24-9-2-4-18(24)15-5-6-19-20(13-15)28-12-11-27-19/h5-7,10,13,16,18,22H,1-4,8-9,11-12,14H2. The molecule has 148 valence electrons. The van der Waals surface area contributed by atoms with Crippen molar-refractivity contribution in [1.82, 2.24) is 20.0 Å². The Kier molecular flexibility index (Phi) is 4.68. The van der Waals surface area contributed by atoms with Gasteiger partial charge < -0.3 is 19.7 Å². The van der Waals surface area contributed by atoms with Gasteiger partial charge in [-0.25, -0.2) is 0 Å². The third-order valence-corrected chi connectivity index (χ3v) is 5.94. The quantitative estimate of drug-likeness (QED) is 0.884. The predicted octanol–water partition coefficient (Wildman–Crippen LogP) is 2.56. The number of hydrogen-bond acceptors (Lipinski definition) is 5. The maximum atomic E-state index is 13.2. The first-order valence-electron chi connectivity index (χ1n) is 10.3. The fourth-order valence-electron chi connectivity index (χ4n) is 4.49. The average Bonchev–Trinajstić information content (AvgIpc) is 3.44. The summed E-state index contributed by atoms with van der Waals surface area (Å²) in [4.78, 5) is 15.1.